The Morgan fingerprint density at radius 2 is 2.08 bits per heavy atom. The molecule has 1 fully saturated rings. The first-order valence-corrected chi connectivity index (χ1v) is 5.75. The van der Waals surface area contributed by atoms with Crippen molar-refractivity contribution < 1.29 is 0 Å². The summed E-state index contributed by atoms with van der Waals surface area (Å²) >= 11 is 0. The van der Waals surface area contributed by atoms with Gasteiger partial charge in [0.25, 0.3) is 0 Å². The fraction of sp³-hybridized carbons (Fsp3) is 1.00. The zero-order valence-corrected chi connectivity index (χ0v) is 8.97. The van der Waals surface area contributed by atoms with E-state index in [4.69, 9.17) is 0 Å². The Kier molecular flexibility index (Phi) is 4.11. The van der Waals surface area contributed by atoms with Gasteiger partial charge in [0.1, 0.15) is 0 Å². The molecule has 0 aliphatic heterocycles. The van der Waals surface area contributed by atoms with E-state index in [2.05, 4.69) is 20.8 Å². The third kappa shape index (κ3) is 2.50. The molecular weight excluding hydrogens is 144 g/mol. The van der Waals surface area contributed by atoms with E-state index in [1.54, 1.807) is 0 Å². The van der Waals surface area contributed by atoms with Crippen molar-refractivity contribution in [3.05, 3.63) is 0 Å². The Morgan fingerprint density at radius 1 is 1.33 bits per heavy atom. The van der Waals surface area contributed by atoms with Crippen LogP contribution in [0.1, 0.15) is 59.3 Å². The van der Waals surface area contributed by atoms with Crippen LogP contribution in [0.2, 0.25) is 0 Å². The minimum atomic E-state index is 0.988. The lowest BCUT2D eigenvalue weighted by atomic mass is 9.83. The summed E-state index contributed by atoms with van der Waals surface area (Å²) in [5, 5.41) is 0. The van der Waals surface area contributed by atoms with E-state index in [1.165, 1.54) is 38.5 Å². The van der Waals surface area contributed by atoms with Crippen LogP contribution in [-0.2, 0) is 0 Å². The molecule has 0 spiro atoms. The highest BCUT2D eigenvalue weighted by Gasteiger charge is 2.27. The van der Waals surface area contributed by atoms with Crippen LogP contribution < -0.4 is 0 Å². The van der Waals surface area contributed by atoms with Gasteiger partial charge in [0.2, 0.25) is 0 Å². The zero-order chi connectivity index (χ0) is 8.97. The minimum Gasteiger partial charge on any atom is -0.0654 e. The molecule has 0 N–H and O–H groups in total. The molecule has 0 radical (unpaired) electrons. The second-order valence-electron chi connectivity index (χ2n) is 4.69. The van der Waals surface area contributed by atoms with E-state index in [0.717, 1.165) is 17.8 Å². The van der Waals surface area contributed by atoms with Gasteiger partial charge >= 0.3 is 0 Å². The maximum atomic E-state index is 2.46. The first-order chi connectivity index (χ1) is 5.75. The standard InChI is InChI=1S/C12H24/c1-4-5-7-10(2)12-9-6-8-11(12)3/h10-12H,4-9H2,1-3H3. The smallest absolute Gasteiger partial charge is 0.0363 e. The van der Waals surface area contributed by atoms with E-state index >= 15 is 0 Å². The van der Waals surface area contributed by atoms with Crippen LogP contribution in [0.3, 0.4) is 0 Å². The van der Waals surface area contributed by atoms with Crippen molar-refractivity contribution >= 4 is 0 Å². The molecule has 12 heavy (non-hydrogen) atoms. The SMILES string of the molecule is CCCCC(C)C1CCCC1C. The molecule has 0 nitrogen and oxygen atoms in total. The summed E-state index contributed by atoms with van der Waals surface area (Å²) in [4.78, 5) is 0. The zero-order valence-electron chi connectivity index (χ0n) is 8.97. The van der Waals surface area contributed by atoms with Crippen molar-refractivity contribution in [1.29, 1.82) is 0 Å². The van der Waals surface area contributed by atoms with Crippen LogP contribution in [0.25, 0.3) is 0 Å². The molecule has 3 atom stereocenters. The average molecular weight is 168 g/mol. The highest BCUT2D eigenvalue weighted by molar-refractivity contribution is 4.78. The van der Waals surface area contributed by atoms with Gasteiger partial charge in [-0.2, -0.15) is 0 Å². The second-order valence-corrected chi connectivity index (χ2v) is 4.69. The third-order valence-corrected chi connectivity index (χ3v) is 3.67. The molecule has 0 aromatic carbocycles. The average Bonchev–Trinajstić information content (AvgIpc) is 2.47. The van der Waals surface area contributed by atoms with Gasteiger partial charge < -0.3 is 0 Å². The lowest BCUT2D eigenvalue weighted by Gasteiger charge is -2.22. The molecule has 1 rings (SSSR count). The molecule has 1 aliphatic rings. The Morgan fingerprint density at radius 3 is 2.58 bits per heavy atom. The second kappa shape index (κ2) is 4.89. The predicted octanol–water partition coefficient (Wildman–Crippen LogP) is 4.25. The Hall–Kier alpha value is 0. The fourth-order valence-electron chi connectivity index (χ4n) is 2.76. The Labute approximate surface area is 77.7 Å². The van der Waals surface area contributed by atoms with Crippen molar-refractivity contribution in [2.24, 2.45) is 17.8 Å². The van der Waals surface area contributed by atoms with Crippen LogP contribution in [0.4, 0.5) is 0 Å². The molecule has 72 valence electrons. The van der Waals surface area contributed by atoms with Gasteiger partial charge in [0, 0.05) is 0 Å². The molecule has 0 aromatic rings. The first kappa shape index (κ1) is 10.1. The number of hydrogen-bond acceptors (Lipinski definition) is 0. The fourth-order valence-corrected chi connectivity index (χ4v) is 2.76. The minimum absolute atomic E-state index is 0.988. The molecule has 0 aromatic heterocycles. The van der Waals surface area contributed by atoms with Crippen molar-refractivity contribution in [2.75, 3.05) is 0 Å². The van der Waals surface area contributed by atoms with Gasteiger partial charge in [0.15, 0.2) is 0 Å². The van der Waals surface area contributed by atoms with Gasteiger partial charge in [-0.25, -0.2) is 0 Å². The van der Waals surface area contributed by atoms with E-state index < -0.39 is 0 Å². The van der Waals surface area contributed by atoms with Gasteiger partial charge in [-0.15, -0.1) is 0 Å². The maximum absolute atomic E-state index is 2.46. The highest BCUT2D eigenvalue weighted by atomic mass is 14.3. The van der Waals surface area contributed by atoms with Crippen LogP contribution in [-0.4, -0.2) is 0 Å². The largest absolute Gasteiger partial charge is 0.0654 e. The summed E-state index contributed by atoms with van der Waals surface area (Å²) in [7, 11) is 0. The first-order valence-electron chi connectivity index (χ1n) is 5.75. The lowest BCUT2D eigenvalue weighted by molar-refractivity contribution is 0.275. The van der Waals surface area contributed by atoms with Crippen molar-refractivity contribution in [3.63, 3.8) is 0 Å². The van der Waals surface area contributed by atoms with Crippen molar-refractivity contribution in [1.82, 2.24) is 0 Å². The Balaban J connectivity index is 2.25. The lowest BCUT2D eigenvalue weighted by Crippen LogP contribution is -2.14. The van der Waals surface area contributed by atoms with Crippen LogP contribution in [0.15, 0.2) is 0 Å². The van der Waals surface area contributed by atoms with Gasteiger partial charge in [0.05, 0.1) is 0 Å². The molecule has 1 aliphatic carbocycles. The van der Waals surface area contributed by atoms with E-state index in [0.29, 0.717) is 0 Å². The van der Waals surface area contributed by atoms with E-state index in [9.17, 15) is 0 Å². The molecule has 0 bridgehead atoms. The maximum Gasteiger partial charge on any atom is -0.0363 e. The number of rotatable bonds is 4. The molecular formula is C12H24. The molecule has 0 saturated heterocycles. The highest BCUT2D eigenvalue weighted by Crippen LogP contribution is 2.38. The predicted molar refractivity (Wildman–Crippen MR) is 55.2 cm³/mol. The molecule has 1 saturated carbocycles. The molecule has 0 heterocycles. The van der Waals surface area contributed by atoms with E-state index in [-0.39, 0.29) is 0 Å². The van der Waals surface area contributed by atoms with Crippen molar-refractivity contribution in [3.8, 4) is 0 Å². The van der Waals surface area contributed by atoms with Crippen molar-refractivity contribution in [2.45, 2.75) is 59.3 Å². The summed E-state index contributed by atoms with van der Waals surface area (Å²) in [5.74, 6) is 3.05. The molecule has 0 heteroatoms. The summed E-state index contributed by atoms with van der Waals surface area (Å²) in [6, 6.07) is 0. The summed E-state index contributed by atoms with van der Waals surface area (Å²) < 4.78 is 0. The summed E-state index contributed by atoms with van der Waals surface area (Å²) in [6.07, 6.45) is 8.75. The Bertz CT molecular complexity index is 117. The third-order valence-electron chi connectivity index (χ3n) is 3.67. The monoisotopic (exact) mass is 168 g/mol. The summed E-state index contributed by atoms with van der Waals surface area (Å²) in [5.41, 5.74) is 0. The van der Waals surface area contributed by atoms with E-state index in [1.807, 2.05) is 0 Å². The van der Waals surface area contributed by atoms with Crippen LogP contribution >= 0.6 is 0 Å². The normalized spacial score (nSPS) is 32.2. The quantitative estimate of drug-likeness (QED) is 0.588. The number of hydrogen-bond donors (Lipinski definition) is 0. The van der Waals surface area contributed by atoms with Gasteiger partial charge in [-0.3, -0.25) is 0 Å². The summed E-state index contributed by atoms with van der Waals surface area (Å²) in [6.45, 7) is 7.20. The van der Waals surface area contributed by atoms with Gasteiger partial charge in [-0.1, -0.05) is 52.9 Å². The topological polar surface area (TPSA) is 0 Å². The van der Waals surface area contributed by atoms with Gasteiger partial charge in [-0.05, 0) is 24.2 Å². The van der Waals surface area contributed by atoms with Crippen LogP contribution in [0, 0.1) is 17.8 Å². The molecule has 3 unspecified atom stereocenters. The number of unbranched alkanes of at least 4 members (excludes halogenated alkanes) is 1. The van der Waals surface area contributed by atoms with Crippen LogP contribution in [0.5, 0.6) is 0 Å². The molecule has 0 amide bonds.